The minimum absolute atomic E-state index is 0.676. The lowest BCUT2D eigenvalue weighted by Gasteiger charge is -2.04. The predicted molar refractivity (Wildman–Crippen MR) is 54.4 cm³/mol. The average Bonchev–Trinajstić information content (AvgIpc) is 2.04. The van der Waals surface area contributed by atoms with Crippen LogP contribution in [0.3, 0.4) is 0 Å². The Morgan fingerprint density at radius 1 is 1.62 bits per heavy atom. The van der Waals surface area contributed by atoms with Crippen LogP contribution in [0.5, 0.6) is 0 Å². The molecule has 2 nitrogen and oxygen atoms in total. The predicted octanol–water partition coefficient (Wildman–Crippen LogP) is 3.18. The van der Waals surface area contributed by atoms with Crippen molar-refractivity contribution in [1.29, 1.82) is 5.26 Å². The molecular formula is C10H9ClN2. The van der Waals surface area contributed by atoms with Crippen LogP contribution < -0.4 is 5.32 Å². The molecule has 0 saturated carbocycles. The van der Waals surface area contributed by atoms with Gasteiger partial charge in [-0.3, -0.25) is 0 Å². The highest BCUT2D eigenvalue weighted by Crippen LogP contribution is 2.16. The molecule has 0 spiro atoms. The summed E-state index contributed by atoms with van der Waals surface area (Å²) in [5, 5.41) is 12.1. The van der Waals surface area contributed by atoms with Gasteiger partial charge in [-0.25, -0.2) is 0 Å². The molecule has 0 aliphatic carbocycles. The molecule has 13 heavy (non-hydrogen) atoms. The van der Waals surface area contributed by atoms with E-state index in [0.717, 1.165) is 11.4 Å². The number of nitrogens with one attached hydrogen (secondary N) is 1. The van der Waals surface area contributed by atoms with E-state index in [1.807, 2.05) is 25.1 Å². The van der Waals surface area contributed by atoms with E-state index < -0.39 is 0 Å². The molecule has 0 heterocycles. The zero-order chi connectivity index (χ0) is 9.68. The largest absolute Gasteiger partial charge is 0.359 e. The van der Waals surface area contributed by atoms with Crippen LogP contribution in [0.1, 0.15) is 6.92 Å². The number of hydrogen-bond acceptors (Lipinski definition) is 2. The van der Waals surface area contributed by atoms with Crippen LogP contribution >= 0.6 is 11.6 Å². The summed E-state index contributed by atoms with van der Waals surface area (Å²) < 4.78 is 0. The van der Waals surface area contributed by atoms with Gasteiger partial charge in [-0.15, -0.1) is 0 Å². The van der Waals surface area contributed by atoms with Crippen LogP contribution in [0.15, 0.2) is 36.0 Å². The first-order chi connectivity index (χ1) is 6.22. The van der Waals surface area contributed by atoms with Crippen molar-refractivity contribution >= 4 is 17.3 Å². The van der Waals surface area contributed by atoms with Crippen LogP contribution in [0.4, 0.5) is 5.69 Å². The SMILES string of the molecule is C/C(=C/C#N)Nc1cccc(Cl)c1. The molecule has 0 aliphatic rings. The van der Waals surface area contributed by atoms with Crippen LogP contribution in [0.25, 0.3) is 0 Å². The lowest BCUT2D eigenvalue weighted by Crippen LogP contribution is -1.94. The van der Waals surface area contributed by atoms with Crippen LogP contribution in [0, 0.1) is 11.3 Å². The summed E-state index contributed by atoms with van der Waals surface area (Å²) in [7, 11) is 0. The Hall–Kier alpha value is -1.46. The Morgan fingerprint density at radius 2 is 2.38 bits per heavy atom. The van der Waals surface area contributed by atoms with Crippen molar-refractivity contribution in [2.75, 3.05) is 5.32 Å². The van der Waals surface area contributed by atoms with Gasteiger partial charge in [-0.05, 0) is 25.1 Å². The molecule has 0 aliphatic heterocycles. The van der Waals surface area contributed by atoms with Gasteiger partial charge in [0.15, 0.2) is 0 Å². The summed E-state index contributed by atoms with van der Waals surface area (Å²) in [5.74, 6) is 0. The zero-order valence-electron chi connectivity index (χ0n) is 7.21. The molecule has 1 N–H and O–H groups in total. The fourth-order valence-electron chi connectivity index (χ4n) is 0.927. The van der Waals surface area contributed by atoms with Crippen molar-refractivity contribution in [2.24, 2.45) is 0 Å². The molecule has 0 amide bonds. The first kappa shape index (κ1) is 9.63. The normalized spacial score (nSPS) is 10.7. The third kappa shape index (κ3) is 3.18. The standard InChI is InChI=1S/C10H9ClN2/c1-8(5-6-12)13-10-4-2-3-9(11)7-10/h2-5,7,13H,1H3/b8-5-. The van der Waals surface area contributed by atoms with Gasteiger partial charge >= 0.3 is 0 Å². The Morgan fingerprint density at radius 3 is 3.00 bits per heavy atom. The number of anilines is 1. The van der Waals surface area contributed by atoms with Crippen molar-refractivity contribution in [1.82, 2.24) is 0 Å². The maximum Gasteiger partial charge on any atom is 0.0930 e. The van der Waals surface area contributed by atoms with Gasteiger partial charge in [0.25, 0.3) is 0 Å². The third-order valence-electron chi connectivity index (χ3n) is 1.45. The Labute approximate surface area is 82.4 Å². The molecule has 3 heteroatoms. The fourth-order valence-corrected chi connectivity index (χ4v) is 1.12. The van der Waals surface area contributed by atoms with E-state index in [2.05, 4.69) is 5.32 Å². The van der Waals surface area contributed by atoms with E-state index in [1.54, 1.807) is 12.1 Å². The summed E-state index contributed by atoms with van der Waals surface area (Å²) >= 11 is 5.78. The molecule has 0 aromatic heterocycles. The Kier molecular flexibility index (Phi) is 3.36. The number of nitriles is 1. The van der Waals surface area contributed by atoms with Crippen LogP contribution in [-0.4, -0.2) is 0 Å². The van der Waals surface area contributed by atoms with Crippen molar-refractivity contribution in [3.05, 3.63) is 41.1 Å². The monoisotopic (exact) mass is 192 g/mol. The van der Waals surface area contributed by atoms with Gasteiger partial charge < -0.3 is 5.32 Å². The second-order valence-corrected chi connectivity index (χ2v) is 3.03. The first-order valence-corrected chi connectivity index (χ1v) is 4.19. The van der Waals surface area contributed by atoms with Gasteiger partial charge in [-0.1, -0.05) is 17.7 Å². The Bertz CT molecular complexity index is 363. The molecule has 0 saturated heterocycles. The van der Waals surface area contributed by atoms with E-state index in [-0.39, 0.29) is 0 Å². The van der Waals surface area contributed by atoms with Crippen LogP contribution in [-0.2, 0) is 0 Å². The van der Waals surface area contributed by atoms with E-state index in [0.29, 0.717) is 5.02 Å². The van der Waals surface area contributed by atoms with E-state index in [4.69, 9.17) is 16.9 Å². The molecule has 1 aromatic carbocycles. The lowest BCUT2D eigenvalue weighted by atomic mass is 10.3. The second-order valence-electron chi connectivity index (χ2n) is 2.59. The number of allylic oxidation sites excluding steroid dienone is 2. The van der Waals surface area contributed by atoms with Crippen molar-refractivity contribution in [3.8, 4) is 6.07 Å². The number of nitrogens with zero attached hydrogens (tertiary/aromatic N) is 1. The molecule has 1 aromatic rings. The smallest absolute Gasteiger partial charge is 0.0930 e. The maximum atomic E-state index is 8.38. The lowest BCUT2D eigenvalue weighted by molar-refractivity contribution is 1.37. The maximum absolute atomic E-state index is 8.38. The summed E-state index contributed by atoms with van der Waals surface area (Å²) in [4.78, 5) is 0. The van der Waals surface area contributed by atoms with Crippen molar-refractivity contribution < 1.29 is 0 Å². The van der Waals surface area contributed by atoms with E-state index in [1.165, 1.54) is 6.08 Å². The summed E-state index contributed by atoms with van der Waals surface area (Å²) in [6, 6.07) is 9.29. The van der Waals surface area contributed by atoms with Gasteiger partial charge in [0.2, 0.25) is 0 Å². The number of benzene rings is 1. The molecule has 1 rings (SSSR count). The molecule has 0 radical (unpaired) electrons. The highest BCUT2D eigenvalue weighted by molar-refractivity contribution is 6.30. The quantitative estimate of drug-likeness (QED) is 0.731. The molecule has 66 valence electrons. The topological polar surface area (TPSA) is 35.8 Å². The molecular weight excluding hydrogens is 184 g/mol. The molecule has 0 fully saturated rings. The number of halogens is 1. The molecule has 0 atom stereocenters. The van der Waals surface area contributed by atoms with Crippen molar-refractivity contribution in [2.45, 2.75) is 6.92 Å². The molecule has 0 bridgehead atoms. The summed E-state index contributed by atoms with van der Waals surface area (Å²) in [6.45, 7) is 1.82. The highest BCUT2D eigenvalue weighted by atomic mass is 35.5. The van der Waals surface area contributed by atoms with Crippen LogP contribution in [0.2, 0.25) is 5.02 Å². The van der Waals surface area contributed by atoms with Gasteiger partial charge in [0.05, 0.1) is 6.07 Å². The first-order valence-electron chi connectivity index (χ1n) is 3.81. The van der Waals surface area contributed by atoms with Crippen molar-refractivity contribution in [3.63, 3.8) is 0 Å². The number of hydrogen-bond donors (Lipinski definition) is 1. The third-order valence-corrected chi connectivity index (χ3v) is 1.68. The average molecular weight is 193 g/mol. The minimum Gasteiger partial charge on any atom is -0.359 e. The summed E-state index contributed by atoms with van der Waals surface area (Å²) in [5.41, 5.74) is 1.68. The summed E-state index contributed by atoms with van der Waals surface area (Å²) in [6.07, 6.45) is 1.45. The van der Waals surface area contributed by atoms with Gasteiger partial charge in [-0.2, -0.15) is 5.26 Å². The highest BCUT2D eigenvalue weighted by Gasteiger charge is 1.92. The second kappa shape index (κ2) is 4.54. The number of rotatable bonds is 2. The Balaban J connectivity index is 2.76. The fraction of sp³-hybridized carbons (Fsp3) is 0.100. The molecule has 0 unspecified atom stereocenters. The van der Waals surface area contributed by atoms with E-state index >= 15 is 0 Å². The van der Waals surface area contributed by atoms with Gasteiger partial charge in [0.1, 0.15) is 0 Å². The zero-order valence-corrected chi connectivity index (χ0v) is 7.97. The minimum atomic E-state index is 0.676. The van der Waals surface area contributed by atoms with E-state index in [9.17, 15) is 0 Å². The van der Waals surface area contributed by atoms with Gasteiger partial charge in [0, 0.05) is 22.5 Å².